The normalized spacial score (nSPS) is 13.3. The van der Waals surface area contributed by atoms with E-state index in [2.05, 4.69) is 37.4 Å². The van der Waals surface area contributed by atoms with E-state index in [0.717, 1.165) is 17.7 Å². The standard InChI is InChI=1S/C14H16O/c1-3-5-6-11-7-8-13-12(9-11)10-15-14(13)4-2/h7-9H,2-3,5-6,10H2,1H3. The summed E-state index contributed by atoms with van der Waals surface area (Å²) in [5, 5.41) is 0. The second kappa shape index (κ2) is 4.37. The Kier molecular flexibility index (Phi) is 2.94. The molecule has 1 aromatic carbocycles. The van der Waals surface area contributed by atoms with Gasteiger partial charge in [0.2, 0.25) is 0 Å². The highest BCUT2D eigenvalue weighted by Gasteiger charge is 2.16. The summed E-state index contributed by atoms with van der Waals surface area (Å²) in [7, 11) is 0. The molecule has 0 fully saturated rings. The Bertz CT molecular complexity index is 411. The summed E-state index contributed by atoms with van der Waals surface area (Å²) in [6, 6.07) is 6.55. The van der Waals surface area contributed by atoms with Gasteiger partial charge in [0.15, 0.2) is 5.76 Å². The van der Waals surface area contributed by atoms with Crippen LogP contribution in [0, 0.1) is 0 Å². The first kappa shape index (κ1) is 10.1. The molecule has 0 aliphatic carbocycles. The third kappa shape index (κ3) is 1.98. The van der Waals surface area contributed by atoms with E-state index in [1.807, 2.05) is 0 Å². The average molecular weight is 200 g/mol. The maximum Gasteiger partial charge on any atom is 0.169 e. The predicted molar refractivity (Wildman–Crippen MR) is 62.4 cm³/mol. The van der Waals surface area contributed by atoms with Crippen LogP contribution in [0.5, 0.6) is 0 Å². The van der Waals surface area contributed by atoms with Crippen LogP contribution in [0.25, 0.3) is 5.76 Å². The third-order valence-corrected chi connectivity index (χ3v) is 2.77. The molecule has 0 spiro atoms. The van der Waals surface area contributed by atoms with Crippen molar-refractivity contribution in [2.75, 3.05) is 0 Å². The molecule has 1 aliphatic rings. The molecule has 1 heteroatoms. The molecule has 0 radical (unpaired) electrons. The van der Waals surface area contributed by atoms with Crippen molar-refractivity contribution in [3.8, 4) is 0 Å². The summed E-state index contributed by atoms with van der Waals surface area (Å²) in [5.74, 6) is 0.798. The first-order chi connectivity index (χ1) is 7.35. The molecule has 0 amide bonds. The van der Waals surface area contributed by atoms with Crippen LogP contribution in [0.15, 0.2) is 30.5 Å². The summed E-state index contributed by atoms with van der Waals surface area (Å²) in [5.41, 5.74) is 6.66. The predicted octanol–water partition coefficient (Wildman–Crippen LogP) is 3.69. The summed E-state index contributed by atoms with van der Waals surface area (Å²) in [4.78, 5) is 0. The van der Waals surface area contributed by atoms with Gasteiger partial charge in [-0.05, 0) is 24.5 Å². The van der Waals surface area contributed by atoms with E-state index < -0.39 is 0 Å². The van der Waals surface area contributed by atoms with Crippen molar-refractivity contribution < 1.29 is 4.74 Å². The summed E-state index contributed by atoms with van der Waals surface area (Å²) in [6.07, 6.45) is 3.66. The number of hydrogen-bond donors (Lipinski definition) is 0. The molecule has 2 rings (SSSR count). The van der Waals surface area contributed by atoms with Gasteiger partial charge in [-0.25, -0.2) is 0 Å². The van der Waals surface area contributed by atoms with Gasteiger partial charge in [0.05, 0.1) is 0 Å². The van der Waals surface area contributed by atoms with Gasteiger partial charge < -0.3 is 4.74 Å². The fourth-order valence-corrected chi connectivity index (χ4v) is 1.90. The average Bonchev–Trinajstić information content (AvgIpc) is 2.68. The minimum atomic E-state index is 0.674. The molecule has 0 N–H and O–H groups in total. The molecule has 0 unspecified atom stereocenters. The molecule has 0 saturated carbocycles. The Morgan fingerprint density at radius 3 is 3.07 bits per heavy atom. The summed E-state index contributed by atoms with van der Waals surface area (Å²) in [6.45, 7) is 6.52. The maximum atomic E-state index is 5.48. The van der Waals surface area contributed by atoms with Crippen LogP contribution >= 0.6 is 0 Å². The van der Waals surface area contributed by atoms with Crippen LogP contribution in [0.3, 0.4) is 0 Å². The first-order valence-electron chi connectivity index (χ1n) is 5.50. The van der Waals surface area contributed by atoms with Crippen molar-refractivity contribution in [1.29, 1.82) is 0 Å². The van der Waals surface area contributed by atoms with Crippen molar-refractivity contribution >= 4 is 5.76 Å². The molecule has 1 nitrogen and oxygen atoms in total. The fourth-order valence-electron chi connectivity index (χ4n) is 1.90. The van der Waals surface area contributed by atoms with Gasteiger partial charge in [-0.1, -0.05) is 37.8 Å². The van der Waals surface area contributed by atoms with E-state index in [4.69, 9.17) is 4.74 Å². The van der Waals surface area contributed by atoms with Crippen LogP contribution < -0.4 is 0 Å². The molecule has 1 aromatic rings. The van der Waals surface area contributed by atoms with E-state index >= 15 is 0 Å². The Morgan fingerprint density at radius 2 is 2.33 bits per heavy atom. The first-order valence-corrected chi connectivity index (χ1v) is 5.50. The molecule has 15 heavy (non-hydrogen) atoms. The molecular weight excluding hydrogens is 184 g/mol. The smallest absolute Gasteiger partial charge is 0.169 e. The third-order valence-electron chi connectivity index (χ3n) is 2.77. The van der Waals surface area contributed by atoms with Crippen LogP contribution in [0.1, 0.15) is 36.5 Å². The Labute approximate surface area is 91.1 Å². The highest BCUT2D eigenvalue weighted by atomic mass is 16.5. The van der Waals surface area contributed by atoms with Gasteiger partial charge in [0.1, 0.15) is 6.61 Å². The lowest BCUT2D eigenvalue weighted by Crippen LogP contribution is -1.88. The number of hydrogen-bond acceptors (Lipinski definition) is 1. The minimum Gasteiger partial charge on any atom is -0.481 e. The van der Waals surface area contributed by atoms with Crippen LogP contribution in [0.2, 0.25) is 0 Å². The largest absolute Gasteiger partial charge is 0.481 e. The molecule has 78 valence electrons. The lowest BCUT2D eigenvalue weighted by Gasteiger charge is -2.01. The molecular formula is C14H16O. The number of unbranched alkanes of at least 4 members (excludes halogenated alkanes) is 1. The van der Waals surface area contributed by atoms with E-state index in [9.17, 15) is 0 Å². The quantitative estimate of drug-likeness (QED) is 0.676. The molecule has 0 bridgehead atoms. The Balaban J connectivity index is 2.25. The van der Waals surface area contributed by atoms with Gasteiger partial charge in [0.25, 0.3) is 0 Å². The number of benzene rings is 1. The zero-order valence-electron chi connectivity index (χ0n) is 9.18. The van der Waals surface area contributed by atoms with Crippen molar-refractivity contribution in [2.45, 2.75) is 32.8 Å². The Morgan fingerprint density at radius 1 is 1.47 bits per heavy atom. The van der Waals surface area contributed by atoms with E-state index in [0.29, 0.717) is 6.61 Å². The number of fused-ring (bicyclic) bond motifs is 1. The van der Waals surface area contributed by atoms with Crippen LogP contribution in [0.4, 0.5) is 0 Å². The highest BCUT2D eigenvalue weighted by molar-refractivity contribution is 5.65. The van der Waals surface area contributed by atoms with Gasteiger partial charge in [-0.3, -0.25) is 0 Å². The van der Waals surface area contributed by atoms with Crippen molar-refractivity contribution in [3.63, 3.8) is 0 Å². The summed E-state index contributed by atoms with van der Waals surface area (Å²) < 4.78 is 5.48. The van der Waals surface area contributed by atoms with E-state index in [1.165, 1.54) is 24.0 Å². The number of ether oxygens (including phenoxy) is 1. The summed E-state index contributed by atoms with van der Waals surface area (Å²) >= 11 is 0. The van der Waals surface area contributed by atoms with Crippen molar-refractivity contribution in [1.82, 2.24) is 0 Å². The zero-order chi connectivity index (χ0) is 10.7. The SMILES string of the molecule is C=C=C1OCc2cc(CCCC)ccc21. The van der Waals surface area contributed by atoms with Crippen molar-refractivity contribution in [2.24, 2.45) is 0 Å². The van der Waals surface area contributed by atoms with Crippen LogP contribution in [-0.2, 0) is 17.8 Å². The lowest BCUT2D eigenvalue weighted by molar-refractivity contribution is 0.286. The van der Waals surface area contributed by atoms with Crippen LogP contribution in [-0.4, -0.2) is 0 Å². The minimum absolute atomic E-state index is 0.674. The molecule has 1 aliphatic heterocycles. The molecule has 0 aromatic heterocycles. The van der Waals surface area contributed by atoms with Gasteiger partial charge >= 0.3 is 0 Å². The maximum absolute atomic E-state index is 5.48. The second-order valence-corrected chi connectivity index (χ2v) is 3.89. The highest BCUT2D eigenvalue weighted by Crippen LogP contribution is 2.29. The monoisotopic (exact) mass is 200 g/mol. The lowest BCUT2D eigenvalue weighted by atomic mass is 10.0. The second-order valence-electron chi connectivity index (χ2n) is 3.89. The van der Waals surface area contributed by atoms with Gasteiger partial charge in [-0.2, -0.15) is 0 Å². The number of aryl methyl sites for hydroxylation is 1. The molecule has 0 atom stereocenters. The van der Waals surface area contributed by atoms with E-state index in [1.54, 1.807) is 0 Å². The van der Waals surface area contributed by atoms with E-state index in [-0.39, 0.29) is 0 Å². The number of rotatable bonds is 3. The van der Waals surface area contributed by atoms with Gasteiger partial charge in [-0.15, -0.1) is 0 Å². The fraction of sp³-hybridized carbons (Fsp3) is 0.357. The van der Waals surface area contributed by atoms with Gasteiger partial charge in [0, 0.05) is 11.1 Å². The van der Waals surface area contributed by atoms with Crippen molar-refractivity contribution in [3.05, 3.63) is 47.2 Å². The topological polar surface area (TPSA) is 9.23 Å². The molecule has 0 saturated heterocycles. The Hall–Kier alpha value is -1.46. The zero-order valence-corrected chi connectivity index (χ0v) is 9.18. The molecule has 1 heterocycles.